The van der Waals surface area contributed by atoms with Gasteiger partial charge in [-0.3, -0.25) is 13.9 Å². The van der Waals surface area contributed by atoms with Crippen molar-refractivity contribution in [1.29, 1.82) is 0 Å². The first-order valence-corrected chi connectivity index (χ1v) is 15.7. The third kappa shape index (κ3) is 7.23. The van der Waals surface area contributed by atoms with E-state index in [1.54, 1.807) is 36.4 Å². The lowest BCUT2D eigenvalue weighted by Crippen LogP contribution is -2.53. The zero-order valence-electron chi connectivity index (χ0n) is 24.6. The average Bonchev–Trinajstić information content (AvgIpc) is 3.00. The number of carbonyl (C=O) groups excluding carboxylic acids is 2. The molecule has 3 aromatic rings. The second-order valence-corrected chi connectivity index (χ2v) is 12.3. The standard InChI is InChI=1S/C32H39N3O6S/c1-5-24(4)33-32(37)28(6-2)34(21-25-14-12-23(3)13-15-25)31(36)22-35(42(38,39)27-10-8-7-9-11-27)26-16-17-29-30(20-26)41-19-18-40-29/h7-17,20,24,28H,5-6,18-19,21-22H2,1-4H3,(H,33,37)/t24-,28-/m0/s1. The molecule has 1 aliphatic heterocycles. The lowest BCUT2D eigenvalue weighted by molar-refractivity contribution is -0.140. The molecule has 0 bridgehead atoms. The monoisotopic (exact) mass is 593 g/mol. The molecule has 1 heterocycles. The fourth-order valence-corrected chi connectivity index (χ4v) is 6.11. The van der Waals surface area contributed by atoms with Crippen molar-refractivity contribution in [3.8, 4) is 11.5 Å². The number of hydrogen-bond donors (Lipinski definition) is 1. The van der Waals surface area contributed by atoms with E-state index < -0.39 is 28.5 Å². The van der Waals surface area contributed by atoms with Crippen molar-refractivity contribution in [3.05, 3.63) is 83.9 Å². The molecule has 2 atom stereocenters. The summed E-state index contributed by atoms with van der Waals surface area (Å²) in [5.41, 5.74) is 2.15. The highest BCUT2D eigenvalue weighted by Crippen LogP contribution is 2.36. The molecule has 0 fully saturated rings. The summed E-state index contributed by atoms with van der Waals surface area (Å²) >= 11 is 0. The van der Waals surface area contributed by atoms with Gasteiger partial charge in [0.05, 0.1) is 10.6 Å². The number of amides is 2. The van der Waals surface area contributed by atoms with Crippen molar-refractivity contribution in [1.82, 2.24) is 10.2 Å². The van der Waals surface area contributed by atoms with Gasteiger partial charge in [-0.2, -0.15) is 0 Å². The van der Waals surface area contributed by atoms with Gasteiger partial charge in [0.1, 0.15) is 25.8 Å². The summed E-state index contributed by atoms with van der Waals surface area (Å²) in [6, 6.07) is 19.6. The smallest absolute Gasteiger partial charge is 0.264 e. The maximum absolute atomic E-state index is 14.2. The van der Waals surface area contributed by atoms with E-state index >= 15 is 0 Å². The molecule has 0 unspecified atom stereocenters. The molecule has 224 valence electrons. The molecular weight excluding hydrogens is 554 g/mol. The van der Waals surface area contributed by atoms with E-state index in [1.165, 1.54) is 17.0 Å². The number of carbonyl (C=O) groups is 2. The molecule has 0 saturated carbocycles. The van der Waals surface area contributed by atoms with Gasteiger partial charge in [0, 0.05) is 18.7 Å². The Morgan fingerprint density at radius 1 is 0.905 bits per heavy atom. The fraction of sp³-hybridized carbons (Fsp3) is 0.375. The molecule has 0 aliphatic carbocycles. The number of ether oxygens (including phenoxy) is 2. The predicted octanol–water partition coefficient (Wildman–Crippen LogP) is 4.68. The molecule has 10 heteroatoms. The molecule has 42 heavy (non-hydrogen) atoms. The van der Waals surface area contributed by atoms with Gasteiger partial charge in [0.15, 0.2) is 11.5 Å². The van der Waals surface area contributed by atoms with Crippen molar-refractivity contribution in [2.45, 2.75) is 64.1 Å². The van der Waals surface area contributed by atoms with E-state index in [0.29, 0.717) is 31.1 Å². The SMILES string of the molecule is CC[C@H](C)NC(=O)[C@H](CC)N(Cc1ccc(C)cc1)C(=O)CN(c1ccc2c(c1)OCCO2)S(=O)(=O)c1ccccc1. The molecule has 2 amide bonds. The zero-order valence-corrected chi connectivity index (χ0v) is 25.4. The molecule has 1 N–H and O–H groups in total. The minimum absolute atomic E-state index is 0.0410. The van der Waals surface area contributed by atoms with Crippen LogP contribution in [-0.2, 0) is 26.2 Å². The van der Waals surface area contributed by atoms with Crippen molar-refractivity contribution in [2.75, 3.05) is 24.1 Å². The number of anilines is 1. The zero-order chi connectivity index (χ0) is 30.3. The van der Waals surface area contributed by atoms with Crippen molar-refractivity contribution < 1.29 is 27.5 Å². The Labute approximate surface area is 248 Å². The van der Waals surface area contributed by atoms with E-state index in [9.17, 15) is 18.0 Å². The van der Waals surface area contributed by atoms with Gasteiger partial charge in [0.2, 0.25) is 11.8 Å². The third-order valence-corrected chi connectivity index (χ3v) is 9.07. The second kappa shape index (κ2) is 13.7. The summed E-state index contributed by atoms with van der Waals surface area (Å²) in [4.78, 5) is 29.1. The van der Waals surface area contributed by atoms with Crippen LogP contribution in [0.25, 0.3) is 0 Å². The first-order valence-electron chi connectivity index (χ1n) is 14.3. The van der Waals surface area contributed by atoms with Crippen LogP contribution >= 0.6 is 0 Å². The number of nitrogens with one attached hydrogen (secondary N) is 1. The average molecular weight is 594 g/mol. The first-order chi connectivity index (χ1) is 20.1. The second-order valence-electron chi connectivity index (χ2n) is 10.4. The Bertz CT molecular complexity index is 1480. The number of rotatable bonds is 12. The lowest BCUT2D eigenvalue weighted by Gasteiger charge is -2.34. The first kappa shape index (κ1) is 30.9. The molecule has 3 aromatic carbocycles. The van der Waals surface area contributed by atoms with Crippen LogP contribution in [-0.4, -0.2) is 57.0 Å². The Morgan fingerprint density at radius 2 is 1.57 bits per heavy atom. The summed E-state index contributed by atoms with van der Waals surface area (Å²) < 4.78 is 40.4. The van der Waals surface area contributed by atoms with Crippen LogP contribution in [0, 0.1) is 6.92 Å². The quantitative estimate of drug-likeness (QED) is 0.327. The van der Waals surface area contributed by atoms with Gasteiger partial charge in [-0.25, -0.2) is 8.42 Å². The maximum Gasteiger partial charge on any atom is 0.264 e. The van der Waals surface area contributed by atoms with Crippen LogP contribution < -0.4 is 19.1 Å². The Balaban J connectivity index is 1.75. The number of fused-ring (bicyclic) bond motifs is 1. The van der Waals surface area contributed by atoms with Gasteiger partial charge < -0.3 is 19.7 Å². The number of aryl methyl sites for hydroxylation is 1. The molecular formula is C32H39N3O6S. The Hall–Kier alpha value is -4.05. The topological polar surface area (TPSA) is 105 Å². The van der Waals surface area contributed by atoms with Crippen LogP contribution in [0.15, 0.2) is 77.7 Å². The highest BCUT2D eigenvalue weighted by atomic mass is 32.2. The number of nitrogens with zero attached hydrogens (tertiary/aromatic N) is 2. The molecule has 0 spiro atoms. The van der Waals surface area contributed by atoms with Crippen molar-refractivity contribution in [2.24, 2.45) is 0 Å². The van der Waals surface area contributed by atoms with E-state index in [0.717, 1.165) is 21.9 Å². The van der Waals surface area contributed by atoms with E-state index in [-0.39, 0.29) is 29.1 Å². The van der Waals surface area contributed by atoms with Crippen LogP contribution in [0.5, 0.6) is 11.5 Å². The van der Waals surface area contributed by atoms with Gasteiger partial charge >= 0.3 is 0 Å². The van der Waals surface area contributed by atoms with Crippen LogP contribution in [0.4, 0.5) is 5.69 Å². The number of hydrogen-bond acceptors (Lipinski definition) is 6. The van der Waals surface area contributed by atoms with Crippen molar-refractivity contribution >= 4 is 27.5 Å². The minimum atomic E-state index is -4.17. The number of benzene rings is 3. The van der Waals surface area contributed by atoms with Gasteiger partial charge in [-0.1, -0.05) is 61.9 Å². The molecule has 1 aliphatic rings. The molecule has 4 rings (SSSR count). The van der Waals surface area contributed by atoms with Crippen LogP contribution in [0.3, 0.4) is 0 Å². The normalized spacial score (nSPS) is 14.0. The van der Waals surface area contributed by atoms with E-state index in [2.05, 4.69) is 5.32 Å². The summed E-state index contributed by atoms with van der Waals surface area (Å²) in [6.45, 7) is 8.04. The Kier molecular flexibility index (Phi) is 10.1. The molecule has 9 nitrogen and oxygen atoms in total. The van der Waals surface area contributed by atoms with Crippen molar-refractivity contribution in [3.63, 3.8) is 0 Å². The summed E-state index contributed by atoms with van der Waals surface area (Å²) in [5.74, 6) is 0.123. The van der Waals surface area contributed by atoms with Gasteiger partial charge in [-0.15, -0.1) is 0 Å². The van der Waals surface area contributed by atoms with E-state index in [4.69, 9.17) is 9.47 Å². The maximum atomic E-state index is 14.2. The highest BCUT2D eigenvalue weighted by molar-refractivity contribution is 7.92. The van der Waals surface area contributed by atoms with Crippen LogP contribution in [0.1, 0.15) is 44.7 Å². The highest BCUT2D eigenvalue weighted by Gasteiger charge is 2.34. The predicted molar refractivity (Wildman–Crippen MR) is 162 cm³/mol. The summed E-state index contributed by atoms with van der Waals surface area (Å²) in [6.07, 6.45) is 1.09. The molecule has 0 saturated heterocycles. The fourth-order valence-electron chi connectivity index (χ4n) is 4.69. The van der Waals surface area contributed by atoms with E-state index in [1.807, 2.05) is 52.0 Å². The number of sulfonamides is 1. The molecule has 0 aromatic heterocycles. The summed E-state index contributed by atoms with van der Waals surface area (Å²) in [7, 11) is -4.17. The van der Waals surface area contributed by atoms with Crippen LogP contribution in [0.2, 0.25) is 0 Å². The lowest BCUT2D eigenvalue weighted by atomic mass is 10.1. The molecule has 0 radical (unpaired) electrons. The summed E-state index contributed by atoms with van der Waals surface area (Å²) in [5, 5.41) is 2.99. The van der Waals surface area contributed by atoms with Gasteiger partial charge in [-0.05, 0) is 56.5 Å². The Morgan fingerprint density at radius 3 is 2.21 bits per heavy atom. The third-order valence-electron chi connectivity index (χ3n) is 7.28. The van der Waals surface area contributed by atoms with Gasteiger partial charge in [0.25, 0.3) is 10.0 Å². The largest absolute Gasteiger partial charge is 0.486 e. The minimum Gasteiger partial charge on any atom is -0.486 e.